The minimum atomic E-state index is -0.172. The maximum Gasteiger partial charge on any atom is 0.224 e. The minimum absolute atomic E-state index is 0.0446. The van der Waals surface area contributed by atoms with Gasteiger partial charge in [-0.2, -0.15) is 0 Å². The Morgan fingerprint density at radius 1 is 1.44 bits per heavy atom. The van der Waals surface area contributed by atoms with Crippen LogP contribution in [0.15, 0.2) is 0 Å². The Morgan fingerprint density at radius 3 is 2.56 bits per heavy atom. The number of hydrogen-bond donors (Lipinski definition) is 3. The van der Waals surface area contributed by atoms with E-state index in [1.165, 1.54) is 0 Å². The topological polar surface area (TPSA) is 75.4 Å². The normalized spacial score (nSPS) is 27.4. The van der Waals surface area contributed by atoms with Crippen molar-refractivity contribution >= 4 is 5.91 Å². The van der Waals surface area contributed by atoms with Gasteiger partial charge >= 0.3 is 0 Å². The smallest absolute Gasteiger partial charge is 0.224 e. The summed E-state index contributed by atoms with van der Waals surface area (Å²) in [5.74, 6) is 0.0441. The first-order chi connectivity index (χ1) is 7.67. The number of aliphatic hydroxyl groups excluding tert-OH is 1. The third kappa shape index (κ3) is 4.10. The largest absolute Gasteiger partial charge is 0.393 e. The second-order valence-corrected chi connectivity index (χ2v) is 4.74. The molecule has 16 heavy (non-hydrogen) atoms. The van der Waals surface area contributed by atoms with Gasteiger partial charge in [-0.25, -0.2) is 0 Å². The number of nitrogens with one attached hydrogen (secondary N) is 1. The zero-order valence-corrected chi connectivity index (χ0v) is 10.1. The molecule has 0 spiro atoms. The van der Waals surface area contributed by atoms with E-state index in [1.807, 2.05) is 0 Å². The molecule has 1 unspecified atom stereocenters. The van der Waals surface area contributed by atoms with E-state index < -0.39 is 0 Å². The van der Waals surface area contributed by atoms with E-state index in [0.29, 0.717) is 6.54 Å². The van der Waals surface area contributed by atoms with Gasteiger partial charge in [0.2, 0.25) is 5.91 Å². The summed E-state index contributed by atoms with van der Waals surface area (Å²) in [6, 6.07) is 0.238. The lowest BCUT2D eigenvalue weighted by atomic mass is 9.92. The number of amides is 1. The van der Waals surface area contributed by atoms with Gasteiger partial charge in [0.15, 0.2) is 0 Å². The highest BCUT2D eigenvalue weighted by atomic mass is 16.3. The lowest BCUT2D eigenvalue weighted by Gasteiger charge is -2.27. The highest BCUT2D eigenvalue weighted by Crippen LogP contribution is 2.19. The molecule has 1 aliphatic rings. The molecule has 1 aliphatic carbocycles. The second-order valence-electron chi connectivity index (χ2n) is 4.74. The fraction of sp³-hybridized carbons (Fsp3) is 0.917. The molecule has 0 saturated heterocycles. The number of carbonyl (C=O) groups is 1. The Hall–Kier alpha value is -0.610. The van der Waals surface area contributed by atoms with Crippen LogP contribution >= 0.6 is 0 Å². The number of aliphatic hydroxyl groups is 1. The average molecular weight is 228 g/mol. The van der Waals surface area contributed by atoms with E-state index >= 15 is 0 Å². The zero-order chi connectivity index (χ0) is 12.0. The molecule has 4 N–H and O–H groups in total. The van der Waals surface area contributed by atoms with E-state index in [4.69, 9.17) is 5.73 Å². The summed E-state index contributed by atoms with van der Waals surface area (Å²) in [7, 11) is 0. The van der Waals surface area contributed by atoms with Gasteiger partial charge in [-0.3, -0.25) is 4.79 Å². The van der Waals surface area contributed by atoms with Crippen LogP contribution in [0.2, 0.25) is 0 Å². The lowest BCUT2D eigenvalue weighted by Crippen LogP contribution is -2.43. The van der Waals surface area contributed by atoms with Gasteiger partial charge in [0, 0.05) is 12.6 Å². The maximum absolute atomic E-state index is 11.9. The van der Waals surface area contributed by atoms with E-state index in [9.17, 15) is 9.90 Å². The predicted molar refractivity (Wildman–Crippen MR) is 63.9 cm³/mol. The van der Waals surface area contributed by atoms with Gasteiger partial charge in [-0.05, 0) is 32.1 Å². The maximum atomic E-state index is 11.9. The van der Waals surface area contributed by atoms with E-state index in [2.05, 4.69) is 12.2 Å². The van der Waals surface area contributed by atoms with Gasteiger partial charge in [0.05, 0.1) is 12.0 Å². The molecule has 1 rings (SSSR count). The Labute approximate surface area is 97.6 Å². The molecule has 0 heterocycles. The number of carbonyl (C=O) groups excluding carboxylic acids is 1. The van der Waals surface area contributed by atoms with Crippen LogP contribution < -0.4 is 11.1 Å². The van der Waals surface area contributed by atoms with Crippen molar-refractivity contribution in [3.8, 4) is 0 Å². The molecule has 0 aromatic rings. The number of nitrogens with two attached hydrogens (primary N) is 1. The SMILES string of the molecule is CCCC(CN)C(=O)NC1CCC(O)CC1. The van der Waals surface area contributed by atoms with Gasteiger partial charge in [-0.1, -0.05) is 13.3 Å². The third-order valence-corrected chi connectivity index (χ3v) is 3.34. The molecule has 1 fully saturated rings. The highest BCUT2D eigenvalue weighted by molar-refractivity contribution is 5.79. The van der Waals surface area contributed by atoms with Crippen molar-refractivity contribution < 1.29 is 9.90 Å². The Balaban J connectivity index is 2.32. The fourth-order valence-corrected chi connectivity index (χ4v) is 2.24. The van der Waals surface area contributed by atoms with Gasteiger partial charge < -0.3 is 16.2 Å². The monoisotopic (exact) mass is 228 g/mol. The summed E-state index contributed by atoms with van der Waals surface area (Å²) < 4.78 is 0. The molecule has 4 nitrogen and oxygen atoms in total. The summed E-state index contributed by atoms with van der Waals surface area (Å²) in [5, 5.41) is 12.4. The van der Waals surface area contributed by atoms with Crippen LogP contribution in [0.1, 0.15) is 45.4 Å². The first-order valence-corrected chi connectivity index (χ1v) is 6.35. The molecule has 4 heteroatoms. The molecule has 0 aromatic carbocycles. The number of rotatable bonds is 5. The van der Waals surface area contributed by atoms with Crippen molar-refractivity contribution in [2.75, 3.05) is 6.54 Å². The Morgan fingerprint density at radius 2 is 2.06 bits per heavy atom. The average Bonchev–Trinajstić information content (AvgIpc) is 2.29. The van der Waals surface area contributed by atoms with Crippen LogP contribution in [-0.4, -0.2) is 29.7 Å². The molecule has 0 aromatic heterocycles. The molecule has 1 saturated carbocycles. The predicted octanol–water partition coefficient (Wildman–Crippen LogP) is 0.781. The van der Waals surface area contributed by atoms with Crippen LogP contribution in [-0.2, 0) is 4.79 Å². The molecule has 1 atom stereocenters. The zero-order valence-electron chi connectivity index (χ0n) is 10.1. The second kappa shape index (κ2) is 6.86. The lowest BCUT2D eigenvalue weighted by molar-refractivity contribution is -0.126. The highest BCUT2D eigenvalue weighted by Gasteiger charge is 2.23. The standard InChI is InChI=1S/C12H24N2O2/c1-2-3-9(8-13)12(16)14-10-4-6-11(15)7-5-10/h9-11,15H,2-8,13H2,1H3,(H,14,16). The molecule has 1 amide bonds. The van der Waals surface area contributed by atoms with E-state index in [0.717, 1.165) is 38.5 Å². The van der Waals surface area contributed by atoms with Gasteiger partial charge in [-0.15, -0.1) is 0 Å². The molecule has 0 aliphatic heterocycles. The van der Waals surface area contributed by atoms with Crippen molar-refractivity contribution in [2.45, 2.75) is 57.6 Å². The molecule has 94 valence electrons. The summed E-state index contributed by atoms with van der Waals surface area (Å²) in [6.07, 6.45) is 5.04. The Bertz CT molecular complexity index is 213. The van der Waals surface area contributed by atoms with Crippen molar-refractivity contribution in [1.29, 1.82) is 0 Å². The van der Waals surface area contributed by atoms with Crippen LogP contribution in [0.3, 0.4) is 0 Å². The Kier molecular flexibility index (Phi) is 5.77. The van der Waals surface area contributed by atoms with Crippen molar-refractivity contribution in [1.82, 2.24) is 5.32 Å². The first kappa shape index (κ1) is 13.5. The minimum Gasteiger partial charge on any atom is -0.393 e. The van der Waals surface area contributed by atoms with Crippen LogP contribution in [0.5, 0.6) is 0 Å². The molecule has 0 bridgehead atoms. The quantitative estimate of drug-likeness (QED) is 0.651. The summed E-state index contributed by atoms with van der Waals surface area (Å²) in [4.78, 5) is 11.9. The van der Waals surface area contributed by atoms with Crippen molar-refractivity contribution in [3.05, 3.63) is 0 Å². The van der Waals surface area contributed by atoms with Crippen LogP contribution in [0.4, 0.5) is 0 Å². The van der Waals surface area contributed by atoms with E-state index in [1.54, 1.807) is 0 Å². The molecule has 0 radical (unpaired) electrons. The first-order valence-electron chi connectivity index (χ1n) is 6.35. The molecular weight excluding hydrogens is 204 g/mol. The van der Waals surface area contributed by atoms with Gasteiger partial charge in [0.25, 0.3) is 0 Å². The van der Waals surface area contributed by atoms with Crippen molar-refractivity contribution in [2.24, 2.45) is 11.7 Å². The van der Waals surface area contributed by atoms with Gasteiger partial charge in [0.1, 0.15) is 0 Å². The summed E-state index contributed by atoms with van der Waals surface area (Å²) in [5.41, 5.74) is 5.59. The summed E-state index contributed by atoms with van der Waals surface area (Å²) in [6.45, 7) is 2.49. The summed E-state index contributed by atoms with van der Waals surface area (Å²) >= 11 is 0. The van der Waals surface area contributed by atoms with Crippen LogP contribution in [0, 0.1) is 5.92 Å². The fourth-order valence-electron chi connectivity index (χ4n) is 2.24. The third-order valence-electron chi connectivity index (χ3n) is 3.34. The van der Waals surface area contributed by atoms with E-state index in [-0.39, 0.29) is 24.0 Å². The van der Waals surface area contributed by atoms with Crippen LogP contribution in [0.25, 0.3) is 0 Å². The number of hydrogen-bond acceptors (Lipinski definition) is 3. The van der Waals surface area contributed by atoms with Crippen molar-refractivity contribution in [3.63, 3.8) is 0 Å². The molecular formula is C12H24N2O2.